The van der Waals surface area contributed by atoms with E-state index in [1.165, 1.54) is 6.92 Å². The topological polar surface area (TPSA) is 61.2 Å². The van der Waals surface area contributed by atoms with E-state index in [0.717, 1.165) is 5.56 Å². The van der Waals surface area contributed by atoms with Gasteiger partial charge in [-0.2, -0.15) is 26.3 Å². The first-order valence-corrected chi connectivity index (χ1v) is 11.9. The molecule has 0 saturated carbocycles. The SMILES string of the molecule is COC[C@]1(n2cnnc2)CC[C@@](CO[C@H](C)c2cc(C(F)(F)F)cc(C(F)(F)F)c2)(c2ccccc2)NC1. The largest absolute Gasteiger partial charge is 0.416 e. The zero-order chi connectivity index (χ0) is 27.6. The quantitative estimate of drug-likeness (QED) is 0.370. The van der Waals surface area contributed by atoms with Crippen molar-refractivity contribution in [3.05, 3.63) is 83.4 Å². The minimum atomic E-state index is -4.93. The van der Waals surface area contributed by atoms with E-state index in [0.29, 0.717) is 38.1 Å². The summed E-state index contributed by atoms with van der Waals surface area (Å²) in [6.45, 7) is 2.28. The van der Waals surface area contributed by atoms with Gasteiger partial charge in [-0.15, -0.1) is 10.2 Å². The first kappa shape index (κ1) is 28.1. The maximum absolute atomic E-state index is 13.4. The zero-order valence-corrected chi connectivity index (χ0v) is 20.8. The summed E-state index contributed by atoms with van der Waals surface area (Å²) in [6.07, 6.45) is -6.51. The summed E-state index contributed by atoms with van der Waals surface area (Å²) in [4.78, 5) is 0. The Morgan fingerprint density at radius 3 is 2.03 bits per heavy atom. The third-order valence-electron chi connectivity index (χ3n) is 7.14. The van der Waals surface area contributed by atoms with E-state index >= 15 is 0 Å². The molecule has 0 bridgehead atoms. The van der Waals surface area contributed by atoms with Crippen LogP contribution in [0.2, 0.25) is 0 Å². The van der Waals surface area contributed by atoms with Gasteiger partial charge in [0.05, 0.1) is 41.5 Å². The van der Waals surface area contributed by atoms with Crippen molar-refractivity contribution in [1.29, 1.82) is 0 Å². The van der Waals surface area contributed by atoms with Crippen molar-refractivity contribution in [2.45, 2.75) is 49.3 Å². The maximum Gasteiger partial charge on any atom is 0.416 e. The molecule has 0 unspecified atom stereocenters. The molecule has 0 amide bonds. The minimum Gasteiger partial charge on any atom is -0.382 e. The Hall–Kier alpha value is -2.96. The monoisotopic (exact) mass is 542 g/mol. The smallest absolute Gasteiger partial charge is 0.382 e. The van der Waals surface area contributed by atoms with Gasteiger partial charge in [0.1, 0.15) is 12.7 Å². The predicted octanol–water partition coefficient (Wildman–Crippen LogP) is 5.71. The van der Waals surface area contributed by atoms with Gasteiger partial charge >= 0.3 is 12.4 Å². The van der Waals surface area contributed by atoms with Crippen LogP contribution in [0.1, 0.15) is 48.1 Å². The number of ether oxygens (including phenoxy) is 2. The van der Waals surface area contributed by atoms with Gasteiger partial charge < -0.3 is 19.4 Å². The lowest BCUT2D eigenvalue weighted by Gasteiger charge is -2.48. The number of nitrogens with one attached hydrogen (secondary N) is 1. The number of methoxy groups -OCH3 is 1. The molecule has 2 aromatic carbocycles. The Bertz CT molecular complexity index is 1160. The number of piperidine rings is 1. The number of benzene rings is 2. The van der Waals surface area contributed by atoms with Gasteiger partial charge in [0.25, 0.3) is 0 Å². The second kappa shape index (κ2) is 10.7. The fraction of sp³-hybridized carbons (Fsp3) is 0.462. The van der Waals surface area contributed by atoms with Gasteiger partial charge in [0.15, 0.2) is 0 Å². The van der Waals surface area contributed by atoms with Crippen LogP contribution in [0.4, 0.5) is 26.3 Å². The van der Waals surface area contributed by atoms with Gasteiger partial charge in [0, 0.05) is 13.7 Å². The third-order valence-corrected chi connectivity index (χ3v) is 7.14. The second-order valence-electron chi connectivity index (χ2n) is 9.62. The summed E-state index contributed by atoms with van der Waals surface area (Å²) in [5, 5.41) is 11.4. The van der Waals surface area contributed by atoms with Crippen LogP contribution in [0.5, 0.6) is 0 Å². The van der Waals surface area contributed by atoms with Crippen LogP contribution >= 0.6 is 0 Å². The Labute approximate surface area is 216 Å². The Morgan fingerprint density at radius 1 is 0.921 bits per heavy atom. The van der Waals surface area contributed by atoms with Crippen LogP contribution in [-0.4, -0.2) is 41.6 Å². The third kappa shape index (κ3) is 5.87. The molecular weight excluding hydrogens is 514 g/mol. The average molecular weight is 543 g/mol. The minimum absolute atomic E-state index is 0.0149. The molecule has 2 heterocycles. The molecule has 0 spiro atoms. The number of alkyl halides is 6. The highest BCUT2D eigenvalue weighted by atomic mass is 19.4. The summed E-state index contributed by atoms with van der Waals surface area (Å²) >= 11 is 0. The van der Waals surface area contributed by atoms with Crippen LogP contribution in [-0.2, 0) is 32.9 Å². The molecule has 38 heavy (non-hydrogen) atoms. The molecule has 6 nitrogen and oxygen atoms in total. The number of hydrogen-bond donors (Lipinski definition) is 1. The van der Waals surface area contributed by atoms with Gasteiger partial charge in [0.2, 0.25) is 0 Å². The average Bonchev–Trinajstić information content (AvgIpc) is 3.44. The van der Waals surface area contributed by atoms with E-state index in [4.69, 9.17) is 9.47 Å². The van der Waals surface area contributed by atoms with Crippen molar-refractivity contribution in [3.63, 3.8) is 0 Å². The molecule has 1 N–H and O–H groups in total. The molecule has 3 atom stereocenters. The lowest BCUT2D eigenvalue weighted by Crippen LogP contribution is -2.60. The van der Waals surface area contributed by atoms with Gasteiger partial charge in [-0.3, -0.25) is 0 Å². The van der Waals surface area contributed by atoms with E-state index in [1.807, 2.05) is 34.9 Å². The van der Waals surface area contributed by atoms with E-state index in [9.17, 15) is 26.3 Å². The highest BCUT2D eigenvalue weighted by Crippen LogP contribution is 2.41. The molecule has 1 aromatic heterocycles. The second-order valence-corrected chi connectivity index (χ2v) is 9.62. The predicted molar refractivity (Wildman–Crippen MR) is 126 cm³/mol. The first-order valence-electron chi connectivity index (χ1n) is 11.9. The van der Waals surface area contributed by atoms with Crippen LogP contribution in [0.15, 0.2) is 61.2 Å². The van der Waals surface area contributed by atoms with Gasteiger partial charge in [-0.1, -0.05) is 30.3 Å². The van der Waals surface area contributed by atoms with Gasteiger partial charge in [-0.05, 0) is 49.1 Å². The molecule has 12 heteroatoms. The Balaban J connectivity index is 1.61. The van der Waals surface area contributed by atoms with E-state index in [2.05, 4.69) is 15.5 Å². The molecule has 3 aromatic rings. The number of rotatable bonds is 8. The van der Waals surface area contributed by atoms with Crippen molar-refractivity contribution < 1.29 is 35.8 Å². The molecule has 206 valence electrons. The normalized spacial score (nSPS) is 23.4. The number of hydrogen-bond acceptors (Lipinski definition) is 5. The summed E-state index contributed by atoms with van der Waals surface area (Å²) in [6, 6.07) is 10.9. The van der Waals surface area contributed by atoms with Gasteiger partial charge in [-0.25, -0.2) is 0 Å². The number of halogens is 6. The first-order chi connectivity index (χ1) is 17.9. The molecule has 1 aliphatic rings. The summed E-state index contributed by atoms with van der Waals surface area (Å²) in [7, 11) is 1.60. The molecule has 1 saturated heterocycles. The van der Waals surface area contributed by atoms with Crippen LogP contribution in [0.3, 0.4) is 0 Å². The maximum atomic E-state index is 13.4. The lowest BCUT2D eigenvalue weighted by atomic mass is 9.76. The lowest BCUT2D eigenvalue weighted by molar-refractivity contribution is -0.143. The van der Waals surface area contributed by atoms with Crippen LogP contribution in [0.25, 0.3) is 0 Å². The Kier molecular flexibility index (Phi) is 7.87. The summed E-state index contributed by atoms with van der Waals surface area (Å²) < 4.78 is 93.6. The van der Waals surface area contributed by atoms with Crippen molar-refractivity contribution >= 4 is 0 Å². The zero-order valence-electron chi connectivity index (χ0n) is 20.8. The molecular formula is C26H28F6N4O2. The number of nitrogens with zero attached hydrogens (tertiary/aromatic N) is 3. The van der Waals surface area contributed by atoms with E-state index < -0.39 is 40.7 Å². The fourth-order valence-electron chi connectivity index (χ4n) is 4.88. The van der Waals surface area contributed by atoms with Crippen LogP contribution < -0.4 is 5.32 Å². The summed E-state index contributed by atoms with van der Waals surface area (Å²) in [5.41, 5.74) is -3.28. The molecule has 1 fully saturated rings. The van der Waals surface area contributed by atoms with E-state index in [-0.39, 0.29) is 18.2 Å². The molecule has 1 aliphatic heterocycles. The van der Waals surface area contributed by atoms with E-state index in [1.54, 1.807) is 19.8 Å². The molecule has 0 radical (unpaired) electrons. The summed E-state index contributed by atoms with van der Waals surface area (Å²) in [5.74, 6) is 0. The number of aromatic nitrogens is 3. The standard InChI is InChI=1S/C26H28F6N4O2/c1-18(19-10-21(25(27,28)29)12-22(11-19)26(30,31)32)38-15-24(20-6-4-3-5-7-20)9-8-23(13-33-24,14-37-2)36-16-34-35-17-36/h3-7,10-12,16-18,33H,8-9,13-15H2,1-2H3/t18-,23+,24-/m1/s1. The molecule has 4 rings (SSSR count). The molecule has 0 aliphatic carbocycles. The highest BCUT2D eigenvalue weighted by molar-refractivity contribution is 5.35. The van der Waals surface area contributed by atoms with Crippen molar-refractivity contribution in [3.8, 4) is 0 Å². The van der Waals surface area contributed by atoms with Crippen molar-refractivity contribution in [2.75, 3.05) is 26.9 Å². The Morgan fingerprint density at radius 2 is 1.53 bits per heavy atom. The highest BCUT2D eigenvalue weighted by Gasteiger charge is 2.45. The van der Waals surface area contributed by atoms with Crippen molar-refractivity contribution in [2.24, 2.45) is 0 Å². The fourth-order valence-corrected chi connectivity index (χ4v) is 4.88. The van der Waals surface area contributed by atoms with Crippen LogP contribution in [0, 0.1) is 0 Å². The van der Waals surface area contributed by atoms with Crippen molar-refractivity contribution in [1.82, 2.24) is 20.1 Å².